The number of aromatic nitrogens is 1. The number of carbonyl (C=O) groups is 2. The molecule has 0 saturated heterocycles. The van der Waals surface area contributed by atoms with Crippen molar-refractivity contribution in [2.75, 3.05) is 18.1 Å². The lowest BCUT2D eigenvalue weighted by Gasteiger charge is -2.31. The first-order chi connectivity index (χ1) is 16.8. The molecule has 0 atom stereocenters. The highest BCUT2D eigenvalue weighted by atomic mass is 16.5. The Morgan fingerprint density at radius 2 is 2.06 bits per heavy atom. The van der Waals surface area contributed by atoms with Crippen molar-refractivity contribution >= 4 is 17.5 Å². The Balaban J connectivity index is 1.55. The van der Waals surface area contributed by atoms with Crippen molar-refractivity contribution in [1.29, 1.82) is 5.26 Å². The Bertz CT molecular complexity index is 1250. The molecule has 0 unspecified atom stereocenters. The first-order valence-electron chi connectivity index (χ1n) is 11.5. The zero-order chi connectivity index (χ0) is 25.0. The molecule has 0 radical (unpaired) electrons. The average Bonchev–Trinajstić information content (AvgIpc) is 3.31. The third kappa shape index (κ3) is 5.52. The van der Waals surface area contributed by atoms with Crippen LogP contribution in [0.4, 0.5) is 5.69 Å². The van der Waals surface area contributed by atoms with Crippen molar-refractivity contribution in [1.82, 2.24) is 9.88 Å². The number of anilines is 1. The highest BCUT2D eigenvalue weighted by Gasteiger charge is 2.29. The Kier molecular flexibility index (Phi) is 6.87. The molecule has 0 bridgehead atoms. The van der Waals surface area contributed by atoms with Gasteiger partial charge in [-0.1, -0.05) is 32.9 Å². The van der Waals surface area contributed by atoms with E-state index in [9.17, 15) is 9.59 Å². The van der Waals surface area contributed by atoms with E-state index in [0.717, 1.165) is 11.1 Å². The number of hydrogen-bond acceptors (Lipinski definition) is 6. The predicted octanol–water partition coefficient (Wildman–Crippen LogP) is 4.45. The van der Waals surface area contributed by atoms with E-state index in [0.29, 0.717) is 23.7 Å². The van der Waals surface area contributed by atoms with Gasteiger partial charge >= 0.3 is 0 Å². The van der Waals surface area contributed by atoms with Crippen LogP contribution in [0.25, 0.3) is 0 Å². The van der Waals surface area contributed by atoms with Crippen LogP contribution in [0, 0.1) is 11.3 Å². The third-order valence-electron chi connectivity index (χ3n) is 5.83. The SMILES string of the molecule is CC(C)(C)c1ccc2c(c1)N(Cc1ccc(C(=O)N(CCC#N)Cc3cccnc3)o1)C(=O)CO2. The second-order valence-electron chi connectivity index (χ2n) is 9.46. The minimum absolute atomic E-state index is 0.0542. The normalized spacial score (nSPS) is 13.1. The number of pyridine rings is 1. The monoisotopic (exact) mass is 472 g/mol. The van der Waals surface area contributed by atoms with Crippen molar-refractivity contribution in [3.05, 3.63) is 77.5 Å². The Labute approximate surface area is 204 Å². The number of amides is 2. The molecule has 2 amide bonds. The van der Waals surface area contributed by atoms with Crippen LogP contribution in [0.5, 0.6) is 5.75 Å². The van der Waals surface area contributed by atoms with Crippen LogP contribution in [0.1, 0.15) is 54.6 Å². The molecule has 1 aromatic carbocycles. The van der Waals surface area contributed by atoms with Gasteiger partial charge in [0.05, 0.1) is 24.7 Å². The van der Waals surface area contributed by atoms with E-state index in [1.807, 2.05) is 24.3 Å². The maximum atomic E-state index is 13.2. The van der Waals surface area contributed by atoms with E-state index in [4.69, 9.17) is 14.4 Å². The standard InChI is InChI=1S/C27H28N4O4/c1-27(2,3)20-7-9-23-22(14-20)31(25(32)18-34-23)17-21-8-10-24(35-21)26(33)30(13-5-11-28)16-19-6-4-12-29-15-19/h4,6-10,12,14-15H,5,13,16-18H2,1-3H3. The fourth-order valence-corrected chi connectivity index (χ4v) is 3.88. The molecular formula is C27H28N4O4. The molecule has 8 nitrogen and oxygen atoms in total. The van der Waals surface area contributed by atoms with Crippen molar-refractivity contribution in [3.63, 3.8) is 0 Å². The summed E-state index contributed by atoms with van der Waals surface area (Å²) in [5.41, 5.74) is 2.53. The van der Waals surface area contributed by atoms with Gasteiger partial charge in [0.2, 0.25) is 0 Å². The maximum absolute atomic E-state index is 13.2. The molecule has 35 heavy (non-hydrogen) atoms. The number of fused-ring (bicyclic) bond motifs is 1. The summed E-state index contributed by atoms with van der Waals surface area (Å²) in [4.78, 5) is 33.2. The summed E-state index contributed by atoms with van der Waals surface area (Å²) in [6.07, 6.45) is 3.56. The van der Waals surface area contributed by atoms with Crippen LogP contribution in [-0.4, -0.2) is 34.8 Å². The molecular weight excluding hydrogens is 444 g/mol. The minimum Gasteiger partial charge on any atom is -0.482 e. The first-order valence-corrected chi connectivity index (χ1v) is 11.5. The summed E-state index contributed by atoms with van der Waals surface area (Å²) in [5.74, 6) is 0.780. The lowest BCUT2D eigenvalue weighted by molar-refractivity contribution is -0.121. The molecule has 1 aliphatic heterocycles. The van der Waals surface area contributed by atoms with E-state index in [1.54, 1.807) is 40.4 Å². The fraction of sp³-hybridized carbons (Fsp3) is 0.333. The third-order valence-corrected chi connectivity index (χ3v) is 5.83. The van der Waals surface area contributed by atoms with Gasteiger partial charge in [0.15, 0.2) is 12.4 Å². The lowest BCUT2D eigenvalue weighted by Crippen LogP contribution is -2.38. The number of nitriles is 1. The van der Waals surface area contributed by atoms with Gasteiger partial charge < -0.3 is 14.1 Å². The largest absolute Gasteiger partial charge is 0.482 e. The summed E-state index contributed by atoms with van der Waals surface area (Å²) in [7, 11) is 0. The van der Waals surface area contributed by atoms with Gasteiger partial charge in [-0.2, -0.15) is 5.26 Å². The number of benzene rings is 1. The number of furan rings is 1. The molecule has 3 aromatic rings. The molecule has 0 saturated carbocycles. The van der Waals surface area contributed by atoms with E-state index in [2.05, 4.69) is 31.8 Å². The van der Waals surface area contributed by atoms with E-state index in [1.165, 1.54) is 0 Å². The van der Waals surface area contributed by atoms with Gasteiger partial charge in [-0.05, 0) is 46.9 Å². The van der Waals surface area contributed by atoms with Crippen molar-refractivity contribution < 1.29 is 18.7 Å². The zero-order valence-electron chi connectivity index (χ0n) is 20.2. The van der Waals surface area contributed by atoms with Crippen LogP contribution >= 0.6 is 0 Å². The summed E-state index contributed by atoms with van der Waals surface area (Å²) >= 11 is 0. The van der Waals surface area contributed by atoms with Crippen molar-refractivity contribution in [2.45, 2.75) is 45.7 Å². The van der Waals surface area contributed by atoms with Gasteiger partial charge in [0, 0.05) is 25.5 Å². The van der Waals surface area contributed by atoms with E-state index in [-0.39, 0.29) is 49.1 Å². The van der Waals surface area contributed by atoms with Gasteiger partial charge in [-0.15, -0.1) is 0 Å². The summed E-state index contributed by atoms with van der Waals surface area (Å²) < 4.78 is 11.5. The molecule has 3 heterocycles. The van der Waals surface area contributed by atoms with Gasteiger partial charge in [0.25, 0.3) is 11.8 Å². The van der Waals surface area contributed by atoms with Crippen molar-refractivity contribution in [2.24, 2.45) is 0 Å². The average molecular weight is 473 g/mol. The maximum Gasteiger partial charge on any atom is 0.289 e. The minimum atomic E-state index is -0.320. The fourth-order valence-electron chi connectivity index (χ4n) is 3.88. The Morgan fingerprint density at radius 3 is 2.77 bits per heavy atom. The van der Waals surface area contributed by atoms with Gasteiger partial charge in [-0.3, -0.25) is 19.5 Å². The predicted molar refractivity (Wildman–Crippen MR) is 130 cm³/mol. The van der Waals surface area contributed by atoms with E-state index >= 15 is 0 Å². The smallest absolute Gasteiger partial charge is 0.289 e. The summed E-state index contributed by atoms with van der Waals surface area (Å²) in [6, 6.07) is 14.9. The van der Waals surface area contributed by atoms with E-state index < -0.39 is 0 Å². The van der Waals surface area contributed by atoms with Crippen LogP contribution in [-0.2, 0) is 23.3 Å². The number of carbonyl (C=O) groups excluding carboxylic acids is 2. The van der Waals surface area contributed by atoms with Crippen LogP contribution in [0.15, 0.2) is 59.3 Å². The number of nitrogens with zero attached hydrogens (tertiary/aromatic N) is 4. The molecule has 1 aliphatic rings. The molecule has 0 aliphatic carbocycles. The first kappa shape index (κ1) is 24.0. The molecule has 8 heteroatoms. The zero-order valence-corrected chi connectivity index (χ0v) is 20.2. The summed E-state index contributed by atoms with van der Waals surface area (Å²) in [5, 5.41) is 9.02. The highest BCUT2D eigenvalue weighted by Crippen LogP contribution is 2.37. The van der Waals surface area contributed by atoms with Gasteiger partial charge in [-0.25, -0.2) is 0 Å². The molecule has 0 spiro atoms. The number of rotatable bonds is 7. The molecule has 0 fully saturated rings. The molecule has 2 aromatic heterocycles. The van der Waals surface area contributed by atoms with Gasteiger partial charge in [0.1, 0.15) is 11.5 Å². The second kappa shape index (κ2) is 10.0. The Morgan fingerprint density at radius 1 is 1.23 bits per heavy atom. The molecule has 4 rings (SSSR count). The number of hydrogen-bond donors (Lipinski definition) is 0. The topological polar surface area (TPSA) is 99.7 Å². The molecule has 0 N–H and O–H groups in total. The summed E-state index contributed by atoms with van der Waals surface area (Å²) in [6.45, 7) is 7.04. The van der Waals surface area contributed by atoms with Crippen LogP contribution in [0.3, 0.4) is 0 Å². The second-order valence-corrected chi connectivity index (χ2v) is 9.46. The Hall–Kier alpha value is -4.12. The quantitative estimate of drug-likeness (QED) is 0.504. The number of ether oxygens (including phenoxy) is 1. The van der Waals surface area contributed by atoms with Crippen LogP contribution < -0.4 is 9.64 Å². The highest BCUT2D eigenvalue weighted by molar-refractivity contribution is 5.98. The van der Waals surface area contributed by atoms with Crippen molar-refractivity contribution in [3.8, 4) is 11.8 Å². The molecule has 180 valence electrons. The lowest BCUT2D eigenvalue weighted by atomic mass is 9.86. The van der Waals surface area contributed by atoms with Crippen LogP contribution in [0.2, 0.25) is 0 Å².